The fourth-order valence-electron chi connectivity index (χ4n) is 2.03. The van der Waals surface area contributed by atoms with Crippen LogP contribution in [-0.4, -0.2) is 48.8 Å². The molecule has 0 saturated carbocycles. The van der Waals surface area contributed by atoms with Gasteiger partial charge in [-0.1, -0.05) is 12.8 Å². The number of hydrogen-bond acceptors (Lipinski definition) is 3. The van der Waals surface area contributed by atoms with Crippen LogP contribution in [0.25, 0.3) is 0 Å². The smallest absolute Gasteiger partial charge is 0.407 e. The molecule has 116 valence electrons. The summed E-state index contributed by atoms with van der Waals surface area (Å²) in [5.74, 6) is 0. The van der Waals surface area contributed by atoms with E-state index in [0.29, 0.717) is 13.1 Å². The van der Waals surface area contributed by atoms with E-state index in [1.165, 1.54) is 12.8 Å². The first kappa shape index (κ1) is 16.6. The third-order valence-electron chi connectivity index (χ3n) is 2.96. The molecule has 0 spiro atoms. The first-order valence-corrected chi connectivity index (χ1v) is 7.38. The van der Waals surface area contributed by atoms with Crippen molar-refractivity contribution in [2.75, 3.05) is 26.2 Å². The highest BCUT2D eigenvalue weighted by molar-refractivity contribution is 5.74. The van der Waals surface area contributed by atoms with E-state index in [9.17, 15) is 9.59 Å². The molecule has 0 aromatic heterocycles. The number of carbonyl (C=O) groups is 2. The quantitative estimate of drug-likeness (QED) is 0.780. The lowest BCUT2D eigenvalue weighted by molar-refractivity contribution is 0.0528. The van der Waals surface area contributed by atoms with Gasteiger partial charge in [0.05, 0.1) is 0 Å². The number of carbonyl (C=O) groups excluding carboxylic acids is 2. The van der Waals surface area contributed by atoms with E-state index in [1.54, 1.807) is 0 Å². The second-order valence-corrected chi connectivity index (χ2v) is 6.06. The van der Waals surface area contributed by atoms with Gasteiger partial charge < -0.3 is 20.3 Å². The molecule has 1 saturated heterocycles. The topological polar surface area (TPSA) is 70.7 Å². The number of nitrogens with zero attached hydrogens (tertiary/aromatic N) is 1. The van der Waals surface area contributed by atoms with Gasteiger partial charge in [0.15, 0.2) is 0 Å². The first-order valence-electron chi connectivity index (χ1n) is 7.38. The molecule has 20 heavy (non-hydrogen) atoms. The Hall–Kier alpha value is -1.46. The van der Waals surface area contributed by atoms with Gasteiger partial charge in [0.1, 0.15) is 5.60 Å². The minimum atomic E-state index is -0.501. The summed E-state index contributed by atoms with van der Waals surface area (Å²) < 4.78 is 5.10. The van der Waals surface area contributed by atoms with Gasteiger partial charge in [-0.3, -0.25) is 0 Å². The normalized spacial score (nSPS) is 16.2. The monoisotopic (exact) mass is 285 g/mol. The highest BCUT2D eigenvalue weighted by Crippen LogP contribution is 2.09. The standard InChI is InChI=1S/C14H27N3O3/c1-14(2,3)20-13(19)16-9-8-15-12(18)17-10-6-4-5-7-11-17/h4-11H2,1-3H3,(H,15,18)(H,16,19). The second kappa shape index (κ2) is 7.97. The maximum absolute atomic E-state index is 11.9. The van der Waals surface area contributed by atoms with Crippen molar-refractivity contribution in [1.29, 1.82) is 0 Å². The van der Waals surface area contributed by atoms with Crippen molar-refractivity contribution in [2.45, 2.75) is 52.1 Å². The number of likely N-dealkylation sites (tertiary alicyclic amines) is 1. The third kappa shape index (κ3) is 7.21. The highest BCUT2D eigenvalue weighted by Gasteiger charge is 2.16. The number of urea groups is 1. The van der Waals surface area contributed by atoms with Crippen LogP contribution < -0.4 is 10.6 Å². The number of amides is 3. The first-order chi connectivity index (χ1) is 9.38. The zero-order valence-electron chi connectivity index (χ0n) is 12.8. The Kier molecular flexibility index (Phi) is 6.61. The van der Waals surface area contributed by atoms with E-state index in [4.69, 9.17) is 4.74 Å². The van der Waals surface area contributed by atoms with Gasteiger partial charge in [0.25, 0.3) is 0 Å². The van der Waals surface area contributed by atoms with Crippen LogP contribution in [0.5, 0.6) is 0 Å². The lowest BCUT2D eigenvalue weighted by atomic mass is 10.2. The molecule has 6 heteroatoms. The van der Waals surface area contributed by atoms with Crippen molar-refractivity contribution in [3.05, 3.63) is 0 Å². The minimum absolute atomic E-state index is 0.0436. The molecule has 0 bridgehead atoms. The largest absolute Gasteiger partial charge is 0.444 e. The van der Waals surface area contributed by atoms with Gasteiger partial charge >= 0.3 is 12.1 Å². The lowest BCUT2D eigenvalue weighted by Crippen LogP contribution is -2.44. The average Bonchev–Trinajstić information content (AvgIpc) is 2.61. The molecular formula is C14H27N3O3. The minimum Gasteiger partial charge on any atom is -0.444 e. The molecule has 1 heterocycles. The molecule has 0 radical (unpaired) electrons. The molecule has 1 aliphatic rings. The summed E-state index contributed by atoms with van der Waals surface area (Å²) in [6, 6.07) is -0.0436. The summed E-state index contributed by atoms with van der Waals surface area (Å²) in [5, 5.41) is 5.43. The number of hydrogen-bond donors (Lipinski definition) is 2. The predicted molar refractivity (Wildman–Crippen MR) is 77.7 cm³/mol. The Bertz CT molecular complexity index is 318. The van der Waals surface area contributed by atoms with E-state index in [2.05, 4.69) is 10.6 Å². The molecule has 2 N–H and O–H groups in total. The maximum Gasteiger partial charge on any atom is 0.407 e. The molecular weight excluding hydrogens is 258 g/mol. The van der Waals surface area contributed by atoms with Crippen molar-refractivity contribution < 1.29 is 14.3 Å². The fraction of sp³-hybridized carbons (Fsp3) is 0.857. The zero-order valence-corrected chi connectivity index (χ0v) is 12.8. The Morgan fingerprint density at radius 3 is 2.10 bits per heavy atom. The van der Waals surface area contributed by atoms with E-state index >= 15 is 0 Å². The zero-order chi connectivity index (χ0) is 15.0. The summed E-state index contributed by atoms with van der Waals surface area (Å²) in [6.45, 7) is 7.87. The molecule has 0 unspecified atom stereocenters. The molecule has 0 aromatic carbocycles. The summed E-state index contributed by atoms with van der Waals surface area (Å²) >= 11 is 0. The molecule has 1 rings (SSSR count). The molecule has 0 aliphatic carbocycles. The Labute approximate surface area is 121 Å². The molecule has 1 fully saturated rings. The van der Waals surface area contributed by atoms with Crippen molar-refractivity contribution in [1.82, 2.24) is 15.5 Å². The average molecular weight is 285 g/mol. The molecule has 3 amide bonds. The van der Waals surface area contributed by atoms with E-state index < -0.39 is 11.7 Å². The molecule has 1 aliphatic heterocycles. The van der Waals surface area contributed by atoms with Crippen LogP contribution in [0.1, 0.15) is 46.5 Å². The van der Waals surface area contributed by atoms with E-state index in [0.717, 1.165) is 25.9 Å². The van der Waals surface area contributed by atoms with Gasteiger partial charge in [0, 0.05) is 26.2 Å². The molecule has 0 aromatic rings. The van der Waals surface area contributed by atoms with Gasteiger partial charge in [-0.15, -0.1) is 0 Å². The predicted octanol–water partition coefficient (Wildman–Crippen LogP) is 2.10. The van der Waals surface area contributed by atoms with Crippen LogP contribution in [0.4, 0.5) is 9.59 Å². The Balaban J connectivity index is 2.14. The lowest BCUT2D eigenvalue weighted by Gasteiger charge is -2.21. The van der Waals surface area contributed by atoms with Crippen molar-refractivity contribution in [2.24, 2.45) is 0 Å². The van der Waals surface area contributed by atoms with Crippen molar-refractivity contribution >= 4 is 12.1 Å². The van der Waals surface area contributed by atoms with Crippen molar-refractivity contribution in [3.8, 4) is 0 Å². The summed E-state index contributed by atoms with van der Waals surface area (Å²) in [5.41, 5.74) is -0.501. The summed E-state index contributed by atoms with van der Waals surface area (Å²) in [6.07, 6.45) is 4.09. The summed E-state index contributed by atoms with van der Waals surface area (Å²) in [4.78, 5) is 25.1. The Morgan fingerprint density at radius 1 is 1.00 bits per heavy atom. The number of alkyl carbamates (subject to hydrolysis) is 1. The van der Waals surface area contributed by atoms with Crippen LogP contribution >= 0.6 is 0 Å². The van der Waals surface area contributed by atoms with Crippen LogP contribution in [0.2, 0.25) is 0 Å². The van der Waals surface area contributed by atoms with Crippen LogP contribution in [0.15, 0.2) is 0 Å². The fourth-order valence-corrected chi connectivity index (χ4v) is 2.03. The van der Waals surface area contributed by atoms with E-state index in [1.807, 2.05) is 25.7 Å². The number of ether oxygens (including phenoxy) is 1. The highest BCUT2D eigenvalue weighted by atomic mass is 16.6. The second-order valence-electron chi connectivity index (χ2n) is 6.06. The van der Waals surface area contributed by atoms with Gasteiger partial charge in [0.2, 0.25) is 0 Å². The van der Waals surface area contributed by atoms with Gasteiger partial charge in [-0.2, -0.15) is 0 Å². The van der Waals surface area contributed by atoms with Crippen LogP contribution in [0.3, 0.4) is 0 Å². The van der Waals surface area contributed by atoms with Gasteiger partial charge in [-0.05, 0) is 33.6 Å². The SMILES string of the molecule is CC(C)(C)OC(=O)NCCNC(=O)N1CCCCCC1. The van der Waals surface area contributed by atoms with Gasteiger partial charge in [-0.25, -0.2) is 9.59 Å². The van der Waals surface area contributed by atoms with Crippen molar-refractivity contribution in [3.63, 3.8) is 0 Å². The van der Waals surface area contributed by atoms with Crippen LogP contribution in [0, 0.1) is 0 Å². The molecule has 0 atom stereocenters. The maximum atomic E-state index is 11.9. The summed E-state index contributed by atoms with van der Waals surface area (Å²) in [7, 11) is 0. The van der Waals surface area contributed by atoms with E-state index in [-0.39, 0.29) is 6.03 Å². The van der Waals surface area contributed by atoms with Crippen LogP contribution in [-0.2, 0) is 4.74 Å². The Morgan fingerprint density at radius 2 is 1.55 bits per heavy atom. The third-order valence-corrected chi connectivity index (χ3v) is 2.96. The number of nitrogens with one attached hydrogen (secondary N) is 2. The molecule has 6 nitrogen and oxygen atoms in total. The number of rotatable bonds is 3.